The van der Waals surface area contributed by atoms with Crippen LogP contribution in [0.4, 0.5) is 5.69 Å². The SMILES string of the molecule is Cc1ccc(-c2nc(C(=O)N3CCN(c4cccc(C)c4)[C@H](C)C3)c3n2CCCCC3)cc1. The van der Waals surface area contributed by atoms with Crippen molar-refractivity contribution in [2.24, 2.45) is 0 Å². The van der Waals surface area contributed by atoms with E-state index in [-0.39, 0.29) is 11.9 Å². The van der Waals surface area contributed by atoms with Crippen molar-refractivity contribution >= 4 is 11.6 Å². The number of aromatic nitrogens is 2. The van der Waals surface area contributed by atoms with Crippen LogP contribution < -0.4 is 4.90 Å². The summed E-state index contributed by atoms with van der Waals surface area (Å²) < 4.78 is 2.32. The number of fused-ring (bicyclic) bond motifs is 1. The molecule has 0 saturated carbocycles. The van der Waals surface area contributed by atoms with Gasteiger partial charge >= 0.3 is 0 Å². The molecule has 5 heteroatoms. The molecule has 5 nitrogen and oxygen atoms in total. The maximum atomic E-state index is 13.8. The Morgan fingerprint density at radius 2 is 1.76 bits per heavy atom. The van der Waals surface area contributed by atoms with E-state index in [1.165, 1.54) is 23.2 Å². The lowest BCUT2D eigenvalue weighted by atomic mass is 10.1. The Morgan fingerprint density at radius 3 is 2.52 bits per heavy atom. The van der Waals surface area contributed by atoms with Crippen LogP contribution in [0.2, 0.25) is 0 Å². The van der Waals surface area contributed by atoms with Crippen LogP contribution in [0.15, 0.2) is 48.5 Å². The van der Waals surface area contributed by atoms with E-state index in [4.69, 9.17) is 4.98 Å². The zero-order valence-corrected chi connectivity index (χ0v) is 20.1. The van der Waals surface area contributed by atoms with Crippen LogP contribution >= 0.6 is 0 Å². The summed E-state index contributed by atoms with van der Waals surface area (Å²) >= 11 is 0. The van der Waals surface area contributed by atoms with Crippen LogP contribution in [0, 0.1) is 13.8 Å². The molecule has 1 aromatic heterocycles. The molecule has 2 aliphatic heterocycles. The first-order chi connectivity index (χ1) is 16.0. The minimum Gasteiger partial charge on any atom is -0.365 e. The minimum absolute atomic E-state index is 0.0924. The Balaban J connectivity index is 1.42. The van der Waals surface area contributed by atoms with Crippen LogP contribution in [-0.2, 0) is 13.0 Å². The molecule has 0 radical (unpaired) electrons. The Kier molecular flexibility index (Phi) is 5.96. The minimum atomic E-state index is 0.0924. The monoisotopic (exact) mass is 442 g/mol. The highest BCUT2D eigenvalue weighted by atomic mass is 16.2. The number of hydrogen-bond acceptors (Lipinski definition) is 3. The number of benzene rings is 2. The summed E-state index contributed by atoms with van der Waals surface area (Å²) in [4.78, 5) is 23.2. The van der Waals surface area contributed by atoms with Crippen molar-refractivity contribution < 1.29 is 4.79 Å². The largest absolute Gasteiger partial charge is 0.365 e. The highest BCUT2D eigenvalue weighted by Crippen LogP contribution is 2.29. The van der Waals surface area contributed by atoms with Crippen molar-refractivity contribution in [1.29, 1.82) is 0 Å². The number of piperazine rings is 1. The number of hydrogen-bond donors (Lipinski definition) is 0. The van der Waals surface area contributed by atoms with Crippen molar-refractivity contribution in [3.63, 3.8) is 0 Å². The molecule has 1 fully saturated rings. The summed E-state index contributed by atoms with van der Waals surface area (Å²) in [5.41, 5.74) is 6.64. The summed E-state index contributed by atoms with van der Waals surface area (Å²) in [5.74, 6) is 1.04. The van der Waals surface area contributed by atoms with E-state index in [0.29, 0.717) is 5.69 Å². The van der Waals surface area contributed by atoms with E-state index in [1.54, 1.807) is 0 Å². The van der Waals surface area contributed by atoms with Crippen LogP contribution in [-0.4, -0.2) is 46.0 Å². The number of anilines is 1. The molecule has 172 valence electrons. The van der Waals surface area contributed by atoms with Crippen molar-refractivity contribution in [3.8, 4) is 11.4 Å². The van der Waals surface area contributed by atoms with Crippen LogP contribution in [0.25, 0.3) is 11.4 Å². The van der Waals surface area contributed by atoms with Crippen LogP contribution in [0.5, 0.6) is 0 Å². The fourth-order valence-electron chi connectivity index (χ4n) is 5.30. The number of carbonyl (C=O) groups is 1. The third-order valence-corrected chi connectivity index (χ3v) is 7.13. The molecule has 2 aromatic carbocycles. The fourth-order valence-corrected chi connectivity index (χ4v) is 5.30. The average molecular weight is 443 g/mol. The number of aryl methyl sites for hydroxylation is 2. The lowest BCUT2D eigenvalue weighted by Crippen LogP contribution is -2.54. The van der Waals surface area contributed by atoms with Gasteiger partial charge in [-0.25, -0.2) is 4.98 Å². The molecule has 3 heterocycles. The molecule has 0 spiro atoms. The van der Waals surface area contributed by atoms with Gasteiger partial charge in [-0.05, 0) is 57.7 Å². The highest BCUT2D eigenvalue weighted by Gasteiger charge is 2.32. The van der Waals surface area contributed by atoms with Gasteiger partial charge < -0.3 is 14.4 Å². The molecule has 0 aliphatic carbocycles. The average Bonchev–Trinajstić information content (AvgIpc) is 2.99. The summed E-state index contributed by atoms with van der Waals surface area (Å²) in [7, 11) is 0. The van der Waals surface area contributed by atoms with Crippen molar-refractivity contribution in [2.75, 3.05) is 24.5 Å². The van der Waals surface area contributed by atoms with E-state index < -0.39 is 0 Å². The number of nitrogens with zero attached hydrogens (tertiary/aromatic N) is 4. The van der Waals surface area contributed by atoms with E-state index in [9.17, 15) is 4.79 Å². The molecule has 2 aliphatic rings. The first-order valence-corrected chi connectivity index (χ1v) is 12.3. The summed E-state index contributed by atoms with van der Waals surface area (Å²) in [6.07, 6.45) is 4.40. The van der Waals surface area contributed by atoms with E-state index in [0.717, 1.165) is 62.5 Å². The zero-order valence-electron chi connectivity index (χ0n) is 20.1. The van der Waals surface area contributed by atoms with Crippen LogP contribution in [0.3, 0.4) is 0 Å². The van der Waals surface area contributed by atoms with Crippen molar-refractivity contribution in [3.05, 3.63) is 71.0 Å². The Hall–Kier alpha value is -3.08. The van der Waals surface area contributed by atoms with Gasteiger partial charge in [-0.2, -0.15) is 0 Å². The standard InChI is InChI=1S/C28H34N4O/c1-20-11-13-23(14-12-20)27-29-26(25-10-5-4-6-15-32(25)27)28(33)30-16-17-31(22(3)19-30)24-9-7-8-21(2)18-24/h7-9,11-14,18,22H,4-6,10,15-17,19H2,1-3H3/t22-/m1/s1. The van der Waals surface area contributed by atoms with E-state index in [1.807, 2.05) is 4.90 Å². The summed E-state index contributed by atoms with van der Waals surface area (Å²) in [5, 5.41) is 0. The van der Waals surface area contributed by atoms with E-state index in [2.05, 4.69) is 78.8 Å². The molecular weight excluding hydrogens is 408 g/mol. The molecule has 3 aromatic rings. The molecular formula is C28H34N4O. The molecule has 1 atom stereocenters. The topological polar surface area (TPSA) is 41.4 Å². The Bertz CT molecular complexity index is 1150. The first kappa shape index (κ1) is 21.7. The molecule has 0 N–H and O–H groups in total. The van der Waals surface area contributed by atoms with Gasteiger partial charge in [-0.15, -0.1) is 0 Å². The molecule has 0 unspecified atom stereocenters. The summed E-state index contributed by atoms with van der Waals surface area (Å²) in [6.45, 7) is 9.68. The van der Waals surface area contributed by atoms with Crippen molar-refractivity contribution in [1.82, 2.24) is 14.5 Å². The van der Waals surface area contributed by atoms with Crippen LogP contribution in [0.1, 0.15) is 53.5 Å². The molecule has 33 heavy (non-hydrogen) atoms. The van der Waals surface area contributed by atoms with Gasteiger partial charge in [0, 0.05) is 43.5 Å². The second-order valence-corrected chi connectivity index (χ2v) is 9.69. The lowest BCUT2D eigenvalue weighted by Gasteiger charge is -2.41. The second-order valence-electron chi connectivity index (χ2n) is 9.69. The molecule has 1 amide bonds. The highest BCUT2D eigenvalue weighted by molar-refractivity contribution is 5.94. The Labute approximate surface area is 197 Å². The summed E-state index contributed by atoms with van der Waals surface area (Å²) in [6, 6.07) is 17.4. The number of imidazole rings is 1. The first-order valence-electron chi connectivity index (χ1n) is 12.3. The second kappa shape index (κ2) is 9.05. The molecule has 5 rings (SSSR count). The quantitative estimate of drug-likeness (QED) is 0.557. The van der Waals surface area contributed by atoms with Gasteiger partial charge in [-0.3, -0.25) is 4.79 Å². The third-order valence-electron chi connectivity index (χ3n) is 7.13. The molecule has 0 bridgehead atoms. The maximum Gasteiger partial charge on any atom is 0.274 e. The van der Waals surface area contributed by atoms with Gasteiger partial charge in [0.1, 0.15) is 11.5 Å². The van der Waals surface area contributed by atoms with Crippen molar-refractivity contribution in [2.45, 2.75) is 59.0 Å². The number of rotatable bonds is 3. The lowest BCUT2D eigenvalue weighted by molar-refractivity contribution is 0.0719. The van der Waals surface area contributed by atoms with E-state index >= 15 is 0 Å². The van der Waals surface area contributed by atoms with Gasteiger partial charge in [0.05, 0.1) is 5.69 Å². The van der Waals surface area contributed by atoms with Gasteiger partial charge in [-0.1, -0.05) is 48.4 Å². The number of amides is 1. The normalized spacial score (nSPS) is 18.7. The Morgan fingerprint density at radius 1 is 0.939 bits per heavy atom. The van der Waals surface area contributed by atoms with Gasteiger partial charge in [0.2, 0.25) is 0 Å². The molecule has 1 saturated heterocycles. The fraction of sp³-hybridized carbons (Fsp3) is 0.429. The number of carbonyl (C=O) groups excluding carboxylic acids is 1. The predicted octanol–water partition coefficient (Wildman–Crippen LogP) is 5.24. The predicted molar refractivity (Wildman–Crippen MR) is 134 cm³/mol. The zero-order chi connectivity index (χ0) is 22.9. The van der Waals surface area contributed by atoms with Gasteiger partial charge in [0.25, 0.3) is 5.91 Å². The maximum absolute atomic E-state index is 13.8. The van der Waals surface area contributed by atoms with Gasteiger partial charge in [0.15, 0.2) is 0 Å². The smallest absolute Gasteiger partial charge is 0.274 e. The third kappa shape index (κ3) is 4.29.